The van der Waals surface area contributed by atoms with Crippen molar-refractivity contribution in [3.05, 3.63) is 217 Å². The topological polar surface area (TPSA) is 26.3 Å². The molecule has 0 atom stereocenters. The van der Waals surface area contributed by atoms with Crippen LogP contribution in [0.15, 0.2) is 215 Å². The second-order valence-corrected chi connectivity index (χ2v) is 17.9. The number of benzene rings is 12. The maximum atomic E-state index is 7.18. The van der Waals surface area contributed by atoms with E-state index in [1.165, 1.54) is 87.6 Å². The van der Waals surface area contributed by atoms with Gasteiger partial charge in [0.1, 0.15) is 22.3 Å². The Balaban J connectivity index is 1.20. The normalized spacial score (nSPS) is 12.1. The number of aryl methyl sites for hydroxylation is 2. The fourth-order valence-corrected chi connectivity index (χ4v) is 11.5. The summed E-state index contributed by atoms with van der Waals surface area (Å²) in [4.78, 5) is 0. The van der Waals surface area contributed by atoms with Crippen molar-refractivity contribution >= 4 is 97.7 Å². The van der Waals surface area contributed by atoms with Gasteiger partial charge in [-0.1, -0.05) is 182 Å². The molecular formula is C64H40O2. The van der Waals surface area contributed by atoms with E-state index >= 15 is 0 Å². The largest absolute Gasteiger partial charge is 0.455 e. The van der Waals surface area contributed by atoms with Gasteiger partial charge in [0.15, 0.2) is 0 Å². The smallest absolute Gasteiger partial charge is 0.143 e. The van der Waals surface area contributed by atoms with Crippen molar-refractivity contribution in [2.75, 3.05) is 0 Å². The minimum atomic E-state index is 0.861. The van der Waals surface area contributed by atoms with E-state index in [1.54, 1.807) is 0 Å². The molecule has 2 heterocycles. The van der Waals surface area contributed by atoms with Crippen LogP contribution in [0.5, 0.6) is 0 Å². The Morgan fingerprint density at radius 2 is 0.530 bits per heavy atom. The molecule has 0 saturated carbocycles. The van der Waals surface area contributed by atoms with Gasteiger partial charge >= 0.3 is 0 Å². The predicted molar refractivity (Wildman–Crippen MR) is 280 cm³/mol. The first-order valence-electron chi connectivity index (χ1n) is 22.8. The molecule has 2 heteroatoms. The van der Waals surface area contributed by atoms with Gasteiger partial charge in [0.2, 0.25) is 0 Å². The maximum Gasteiger partial charge on any atom is 0.143 e. The number of fused-ring (bicyclic) bond motifs is 13. The minimum absolute atomic E-state index is 0.861. The molecule has 0 aliphatic heterocycles. The lowest BCUT2D eigenvalue weighted by Gasteiger charge is -2.20. The second kappa shape index (κ2) is 14.0. The summed E-state index contributed by atoms with van der Waals surface area (Å²) in [6.07, 6.45) is 0. The molecule has 2 aromatic heterocycles. The summed E-state index contributed by atoms with van der Waals surface area (Å²) in [5, 5.41) is 16.3. The summed E-state index contributed by atoms with van der Waals surface area (Å²) < 4.78 is 14.4. The van der Waals surface area contributed by atoms with Gasteiger partial charge in [-0.15, -0.1) is 0 Å². The quantitative estimate of drug-likeness (QED) is 0.165. The van der Waals surface area contributed by atoms with Crippen molar-refractivity contribution in [2.45, 2.75) is 13.8 Å². The molecule has 0 aliphatic rings. The van der Waals surface area contributed by atoms with Crippen LogP contribution in [-0.2, 0) is 0 Å². The minimum Gasteiger partial charge on any atom is -0.455 e. The molecule has 308 valence electrons. The molecule has 2 nitrogen and oxygen atoms in total. The predicted octanol–water partition coefficient (Wildman–Crippen LogP) is 18.5. The summed E-state index contributed by atoms with van der Waals surface area (Å²) in [5.74, 6) is 0. The number of hydrogen-bond donors (Lipinski definition) is 0. The first kappa shape index (κ1) is 37.0. The van der Waals surface area contributed by atoms with Crippen molar-refractivity contribution in [2.24, 2.45) is 0 Å². The summed E-state index contributed by atoms with van der Waals surface area (Å²) in [7, 11) is 0. The van der Waals surface area contributed by atoms with Crippen molar-refractivity contribution in [1.82, 2.24) is 0 Å². The van der Waals surface area contributed by atoms with Crippen LogP contribution in [0.1, 0.15) is 11.1 Å². The SMILES string of the molecule is Cc1ccccc1-c1c2ccccc2c(-c2cc3cc(-c4c5ccccc5c(-c5ccccc5C)c5ccccc45)c4oc5ccccc5c4c3c3c2oc2ccccc23)c2ccccc12. The number of rotatable bonds is 4. The third-order valence-corrected chi connectivity index (χ3v) is 14.3. The van der Waals surface area contributed by atoms with Gasteiger partial charge in [0.05, 0.1) is 0 Å². The second-order valence-electron chi connectivity index (χ2n) is 17.9. The van der Waals surface area contributed by atoms with Crippen LogP contribution in [0.25, 0.3) is 142 Å². The van der Waals surface area contributed by atoms with E-state index in [2.05, 4.69) is 220 Å². The Hall–Kier alpha value is -8.46. The molecule has 14 aromatic rings. The van der Waals surface area contributed by atoms with E-state index < -0.39 is 0 Å². The lowest BCUT2D eigenvalue weighted by molar-refractivity contribution is 0.670. The molecule has 0 unspecified atom stereocenters. The van der Waals surface area contributed by atoms with Crippen LogP contribution >= 0.6 is 0 Å². The molecule has 0 N–H and O–H groups in total. The van der Waals surface area contributed by atoms with E-state index in [-0.39, 0.29) is 0 Å². The summed E-state index contributed by atoms with van der Waals surface area (Å²) in [5.41, 5.74) is 15.5. The van der Waals surface area contributed by atoms with Gasteiger partial charge in [-0.2, -0.15) is 0 Å². The third-order valence-electron chi connectivity index (χ3n) is 14.3. The molecule has 66 heavy (non-hydrogen) atoms. The van der Waals surface area contributed by atoms with Crippen molar-refractivity contribution in [3.63, 3.8) is 0 Å². The van der Waals surface area contributed by atoms with Gasteiger partial charge < -0.3 is 8.83 Å². The van der Waals surface area contributed by atoms with E-state index in [4.69, 9.17) is 8.83 Å². The third kappa shape index (κ3) is 5.13. The van der Waals surface area contributed by atoms with Crippen LogP contribution in [0.2, 0.25) is 0 Å². The lowest BCUT2D eigenvalue weighted by atomic mass is 9.82. The van der Waals surface area contributed by atoms with Crippen molar-refractivity contribution in [1.29, 1.82) is 0 Å². The molecule has 0 aliphatic carbocycles. The molecule has 0 bridgehead atoms. The van der Waals surface area contributed by atoms with Crippen molar-refractivity contribution < 1.29 is 8.83 Å². The van der Waals surface area contributed by atoms with Crippen LogP contribution < -0.4 is 0 Å². The Labute approximate surface area is 380 Å². The van der Waals surface area contributed by atoms with Gasteiger partial charge in [0, 0.05) is 49.2 Å². The van der Waals surface area contributed by atoms with Crippen molar-refractivity contribution in [3.8, 4) is 44.5 Å². The zero-order valence-corrected chi connectivity index (χ0v) is 36.4. The van der Waals surface area contributed by atoms with E-state index in [1.807, 2.05) is 0 Å². The highest BCUT2D eigenvalue weighted by atomic mass is 16.3. The van der Waals surface area contributed by atoms with Gasteiger partial charge in [0.25, 0.3) is 0 Å². The first-order valence-corrected chi connectivity index (χ1v) is 22.8. The molecular weight excluding hydrogens is 801 g/mol. The van der Waals surface area contributed by atoms with Gasteiger partial charge in [-0.25, -0.2) is 0 Å². The Kier molecular flexibility index (Phi) is 7.85. The summed E-state index contributed by atoms with van der Waals surface area (Å²) >= 11 is 0. The van der Waals surface area contributed by atoms with E-state index in [0.717, 1.165) is 65.8 Å². The van der Waals surface area contributed by atoms with E-state index in [0.29, 0.717) is 0 Å². The van der Waals surface area contributed by atoms with E-state index in [9.17, 15) is 0 Å². The zero-order chi connectivity index (χ0) is 43.6. The van der Waals surface area contributed by atoms with Gasteiger partial charge in [-0.3, -0.25) is 0 Å². The molecule has 0 radical (unpaired) electrons. The average molecular weight is 841 g/mol. The molecule has 14 rings (SSSR count). The molecule has 0 spiro atoms. The molecule has 0 amide bonds. The highest BCUT2D eigenvalue weighted by Gasteiger charge is 2.27. The zero-order valence-electron chi connectivity index (χ0n) is 36.4. The highest BCUT2D eigenvalue weighted by Crippen LogP contribution is 2.53. The van der Waals surface area contributed by atoms with Gasteiger partial charge in [-0.05, 0) is 120 Å². The molecule has 0 saturated heterocycles. The number of para-hydroxylation sites is 2. The van der Waals surface area contributed by atoms with Crippen LogP contribution in [0.3, 0.4) is 0 Å². The lowest BCUT2D eigenvalue weighted by Crippen LogP contribution is -1.94. The molecule has 12 aromatic carbocycles. The molecule has 0 fully saturated rings. The standard InChI is InChI=1S/C64H40O2/c1-37-19-3-5-21-40(37)57-42-23-7-11-27-46(42)59(47-28-12-8-24-43(47)57)52-35-39-36-53(60-48-29-13-9-25-44(48)58(41-22-6-4-20-38(41)2)45-26-10-14-30-49(45)60)64-62(51-32-16-18-34-55(51)66-64)56(39)61-50-31-15-17-33-54(50)65-63(52)61/h3-36H,1-2H3. The van der Waals surface area contributed by atoms with Crippen LogP contribution in [-0.4, -0.2) is 0 Å². The fourth-order valence-electron chi connectivity index (χ4n) is 11.5. The Morgan fingerprint density at radius 1 is 0.258 bits per heavy atom. The Morgan fingerprint density at radius 3 is 0.864 bits per heavy atom. The van der Waals surface area contributed by atoms with Crippen LogP contribution in [0.4, 0.5) is 0 Å². The number of hydrogen-bond acceptors (Lipinski definition) is 2. The van der Waals surface area contributed by atoms with Crippen LogP contribution in [0, 0.1) is 13.8 Å². The summed E-state index contributed by atoms with van der Waals surface area (Å²) in [6.45, 7) is 4.43. The maximum absolute atomic E-state index is 7.18. The Bertz CT molecular complexity index is 3980. The summed E-state index contributed by atoms with van der Waals surface area (Å²) in [6, 6.07) is 75.2. The average Bonchev–Trinajstić information content (AvgIpc) is 3.95. The number of furan rings is 2. The first-order chi connectivity index (χ1) is 32.6. The fraction of sp³-hybridized carbons (Fsp3) is 0.0312. The highest BCUT2D eigenvalue weighted by molar-refractivity contribution is 6.37. The monoisotopic (exact) mass is 840 g/mol.